The summed E-state index contributed by atoms with van der Waals surface area (Å²) in [4.78, 5) is 0. The molecule has 2 nitrogen and oxygen atoms in total. The summed E-state index contributed by atoms with van der Waals surface area (Å²) >= 11 is 0. The number of hydrogen-bond acceptors (Lipinski definition) is 2. The molecule has 0 aromatic rings. The monoisotopic (exact) mass is 200 g/mol. The van der Waals surface area contributed by atoms with Crippen molar-refractivity contribution in [2.75, 3.05) is 13.1 Å². The van der Waals surface area contributed by atoms with Gasteiger partial charge < -0.3 is 11.1 Å². The summed E-state index contributed by atoms with van der Waals surface area (Å²) in [7, 11) is 0. The van der Waals surface area contributed by atoms with Gasteiger partial charge in [-0.25, -0.2) is 0 Å². The molecule has 0 radical (unpaired) electrons. The third kappa shape index (κ3) is 5.61. The molecule has 0 aliphatic heterocycles. The quantitative estimate of drug-likeness (QED) is 0.632. The Balaban J connectivity index is 3.68. The highest BCUT2D eigenvalue weighted by molar-refractivity contribution is 4.77. The minimum atomic E-state index is 0.278. The maximum absolute atomic E-state index is 5.76. The lowest BCUT2D eigenvalue weighted by Crippen LogP contribution is -2.41. The number of hydrogen-bond donors (Lipinski definition) is 2. The van der Waals surface area contributed by atoms with Gasteiger partial charge in [0.05, 0.1) is 0 Å². The first-order chi connectivity index (χ1) is 6.58. The molecule has 0 saturated carbocycles. The highest BCUT2D eigenvalue weighted by Gasteiger charge is 2.20. The van der Waals surface area contributed by atoms with Gasteiger partial charge in [0.2, 0.25) is 0 Å². The van der Waals surface area contributed by atoms with Crippen molar-refractivity contribution in [1.82, 2.24) is 5.32 Å². The molecule has 0 heterocycles. The van der Waals surface area contributed by atoms with Gasteiger partial charge in [0, 0.05) is 12.6 Å². The first-order valence-corrected chi connectivity index (χ1v) is 6.01. The van der Waals surface area contributed by atoms with E-state index in [1.807, 2.05) is 0 Å². The molecule has 0 saturated heterocycles. The fourth-order valence-corrected chi connectivity index (χ4v) is 1.37. The maximum Gasteiger partial charge on any atom is 0.00389 e. The smallest absolute Gasteiger partial charge is 0.00389 e. The molecule has 0 aromatic carbocycles. The van der Waals surface area contributed by atoms with Crippen LogP contribution in [0.1, 0.15) is 53.4 Å². The van der Waals surface area contributed by atoms with Gasteiger partial charge in [-0.1, -0.05) is 33.6 Å². The van der Waals surface area contributed by atoms with Crippen LogP contribution in [-0.2, 0) is 0 Å². The van der Waals surface area contributed by atoms with Gasteiger partial charge in [0.1, 0.15) is 0 Å². The zero-order chi connectivity index (χ0) is 11.0. The molecule has 0 spiro atoms. The molecule has 2 heteroatoms. The maximum atomic E-state index is 5.76. The van der Waals surface area contributed by atoms with Crippen LogP contribution in [0, 0.1) is 5.41 Å². The molecule has 0 aliphatic carbocycles. The van der Waals surface area contributed by atoms with Crippen molar-refractivity contribution < 1.29 is 0 Å². The average molecular weight is 200 g/mol. The van der Waals surface area contributed by atoms with Gasteiger partial charge in [0.15, 0.2) is 0 Å². The molecular formula is C12H28N2. The number of rotatable bonds is 8. The molecular weight excluding hydrogens is 172 g/mol. The third-order valence-corrected chi connectivity index (χ3v) is 3.21. The van der Waals surface area contributed by atoms with E-state index in [0.717, 1.165) is 19.5 Å². The van der Waals surface area contributed by atoms with Crippen LogP contribution in [0.2, 0.25) is 0 Å². The second-order valence-corrected chi connectivity index (χ2v) is 4.79. The third-order valence-electron chi connectivity index (χ3n) is 3.21. The van der Waals surface area contributed by atoms with E-state index in [9.17, 15) is 0 Å². The molecule has 0 aromatic heterocycles. The van der Waals surface area contributed by atoms with Crippen LogP contribution in [0.4, 0.5) is 0 Å². The molecule has 0 fully saturated rings. The summed E-state index contributed by atoms with van der Waals surface area (Å²) < 4.78 is 0. The Bertz CT molecular complexity index is 130. The van der Waals surface area contributed by atoms with Crippen molar-refractivity contribution in [2.45, 2.75) is 59.4 Å². The Morgan fingerprint density at radius 1 is 1.36 bits per heavy atom. The highest BCUT2D eigenvalue weighted by atomic mass is 14.9. The van der Waals surface area contributed by atoms with E-state index in [1.165, 1.54) is 19.3 Å². The lowest BCUT2D eigenvalue weighted by Gasteiger charge is -2.28. The molecule has 0 rings (SSSR count). The summed E-state index contributed by atoms with van der Waals surface area (Å²) in [5, 5.41) is 3.58. The van der Waals surface area contributed by atoms with Crippen LogP contribution < -0.4 is 11.1 Å². The van der Waals surface area contributed by atoms with Crippen LogP contribution in [0.5, 0.6) is 0 Å². The van der Waals surface area contributed by atoms with E-state index in [-0.39, 0.29) is 5.41 Å². The zero-order valence-corrected chi connectivity index (χ0v) is 10.4. The lowest BCUT2D eigenvalue weighted by atomic mass is 9.87. The second-order valence-electron chi connectivity index (χ2n) is 4.79. The number of unbranched alkanes of at least 4 members (excludes halogenated alkanes) is 1. The van der Waals surface area contributed by atoms with Gasteiger partial charge in [-0.3, -0.25) is 0 Å². The van der Waals surface area contributed by atoms with Crippen LogP contribution in [0.15, 0.2) is 0 Å². The van der Waals surface area contributed by atoms with Crippen LogP contribution in [0.25, 0.3) is 0 Å². The van der Waals surface area contributed by atoms with Crippen molar-refractivity contribution in [2.24, 2.45) is 11.1 Å². The number of nitrogens with one attached hydrogen (secondary N) is 1. The summed E-state index contributed by atoms with van der Waals surface area (Å²) in [6.07, 6.45) is 5.03. The molecule has 14 heavy (non-hydrogen) atoms. The minimum absolute atomic E-state index is 0.278. The van der Waals surface area contributed by atoms with Gasteiger partial charge >= 0.3 is 0 Å². The fraction of sp³-hybridized carbons (Fsp3) is 1.00. The van der Waals surface area contributed by atoms with Crippen molar-refractivity contribution in [1.29, 1.82) is 0 Å². The fourth-order valence-electron chi connectivity index (χ4n) is 1.37. The topological polar surface area (TPSA) is 38.0 Å². The molecule has 2 unspecified atom stereocenters. The molecule has 3 N–H and O–H groups in total. The Labute approximate surface area is 89.6 Å². The van der Waals surface area contributed by atoms with E-state index in [4.69, 9.17) is 5.73 Å². The Morgan fingerprint density at radius 2 is 2.00 bits per heavy atom. The standard InChI is InChI=1S/C12H28N2/c1-5-7-8-11(3)14-10-12(4,6-2)9-13/h11,14H,5-10,13H2,1-4H3. The van der Waals surface area contributed by atoms with E-state index in [2.05, 4.69) is 33.0 Å². The van der Waals surface area contributed by atoms with E-state index >= 15 is 0 Å². The van der Waals surface area contributed by atoms with Crippen molar-refractivity contribution >= 4 is 0 Å². The summed E-state index contributed by atoms with van der Waals surface area (Å²) in [6.45, 7) is 10.8. The summed E-state index contributed by atoms with van der Waals surface area (Å²) in [5.41, 5.74) is 6.04. The normalized spacial score (nSPS) is 17.8. The highest BCUT2D eigenvalue weighted by Crippen LogP contribution is 2.17. The lowest BCUT2D eigenvalue weighted by molar-refractivity contribution is 0.286. The first-order valence-electron chi connectivity index (χ1n) is 6.01. The van der Waals surface area contributed by atoms with E-state index in [1.54, 1.807) is 0 Å². The van der Waals surface area contributed by atoms with Gasteiger partial charge in [-0.15, -0.1) is 0 Å². The van der Waals surface area contributed by atoms with Crippen molar-refractivity contribution in [3.63, 3.8) is 0 Å². The predicted molar refractivity (Wildman–Crippen MR) is 64.4 cm³/mol. The second kappa shape index (κ2) is 7.24. The molecule has 0 bridgehead atoms. The van der Waals surface area contributed by atoms with Gasteiger partial charge in [0.25, 0.3) is 0 Å². The summed E-state index contributed by atoms with van der Waals surface area (Å²) in [6, 6.07) is 0.632. The van der Waals surface area contributed by atoms with Gasteiger partial charge in [-0.05, 0) is 31.7 Å². The molecule has 86 valence electrons. The Kier molecular flexibility index (Phi) is 7.20. The largest absolute Gasteiger partial charge is 0.330 e. The van der Waals surface area contributed by atoms with Crippen molar-refractivity contribution in [3.05, 3.63) is 0 Å². The molecule has 0 amide bonds. The average Bonchev–Trinajstić information content (AvgIpc) is 2.23. The van der Waals surface area contributed by atoms with Crippen LogP contribution >= 0.6 is 0 Å². The molecule has 2 atom stereocenters. The first kappa shape index (κ1) is 13.9. The predicted octanol–water partition coefficient (Wildman–Crippen LogP) is 2.53. The van der Waals surface area contributed by atoms with Crippen molar-refractivity contribution in [3.8, 4) is 0 Å². The Morgan fingerprint density at radius 3 is 2.43 bits per heavy atom. The van der Waals surface area contributed by atoms with Crippen LogP contribution in [0.3, 0.4) is 0 Å². The van der Waals surface area contributed by atoms with E-state index < -0.39 is 0 Å². The molecule has 0 aliphatic rings. The van der Waals surface area contributed by atoms with E-state index in [0.29, 0.717) is 6.04 Å². The van der Waals surface area contributed by atoms with Gasteiger partial charge in [-0.2, -0.15) is 0 Å². The SMILES string of the molecule is CCCCC(C)NCC(C)(CC)CN. The minimum Gasteiger partial charge on any atom is -0.330 e. The Hall–Kier alpha value is -0.0800. The number of nitrogens with two attached hydrogens (primary N) is 1. The zero-order valence-electron chi connectivity index (χ0n) is 10.4. The summed E-state index contributed by atoms with van der Waals surface area (Å²) in [5.74, 6) is 0. The van der Waals surface area contributed by atoms with Crippen LogP contribution in [-0.4, -0.2) is 19.1 Å².